The van der Waals surface area contributed by atoms with Crippen LogP contribution >= 0.6 is 0 Å². The summed E-state index contributed by atoms with van der Waals surface area (Å²) in [6, 6.07) is 5.87. The molecule has 4 nitrogen and oxygen atoms in total. The molecule has 1 aromatic heterocycles. The van der Waals surface area contributed by atoms with Gasteiger partial charge >= 0.3 is 5.97 Å². The first-order valence-electron chi connectivity index (χ1n) is 7.39. The summed E-state index contributed by atoms with van der Waals surface area (Å²) in [5, 5.41) is 9.22. The van der Waals surface area contributed by atoms with Crippen LogP contribution in [0.15, 0.2) is 24.5 Å². The quantitative estimate of drug-likeness (QED) is 0.922. The topological polar surface area (TPSA) is 55.1 Å². The van der Waals surface area contributed by atoms with E-state index in [-0.39, 0.29) is 0 Å². The van der Waals surface area contributed by atoms with Crippen molar-refractivity contribution in [3.05, 3.63) is 30.1 Å². The molecule has 1 heterocycles. The van der Waals surface area contributed by atoms with E-state index in [0.717, 1.165) is 11.4 Å². The molecule has 3 rings (SSSR count). The van der Waals surface area contributed by atoms with E-state index in [0.29, 0.717) is 17.1 Å². The van der Waals surface area contributed by atoms with Crippen LogP contribution in [0, 0.1) is 5.92 Å². The van der Waals surface area contributed by atoms with Crippen LogP contribution in [0.5, 0.6) is 0 Å². The number of fused-ring (bicyclic) bond motifs is 1. The van der Waals surface area contributed by atoms with Gasteiger partial charge < -0.3 is 9.67 Å². The van der Waals surface area contributed by atoms with Crippen molar-refractivity contribution in [2.45, 2.75) is 45.1 Å². The number of carbonyl (C=O) groups is 1. The summed E-state index contributed by atoms with van der Waals surface area (Å²) in [6.45, 7) is 2.26. The van der Waals surface area contributed by atoms with Crippen LogP contribution in [-0.4, -0.2) is 20.6 Å². The molecule has 1 saturated carbocycles. The molecule has 0 atom stereocenters. The minimum Gasteiger partial charge on any atom is -0.478 e. The zero-order valence-electron chi connectivity index (χ0n) is 11.7. The number of nitrogens with zero attached hydrogens (tertiary/aromatic N) is 2. The van der Waals surface area contributed by atoms with Gasteiger partial charge in [0.1, 0.15) is 5.52 Å². The molecule has 0 saturated heterocycles. The highest BCUT2D eigenvalue weighted by Crippen LogP contribution is 2.35. The Kier molecular flexibility index (Phi) is 3.47. The number of imidazole rings is 1. The lowest BCUT2D eigenvalue weighted by Gasteiger charge is -2.29. The van der Waals surface area contributed by atoms with Gasteiger partial charge in [0.25, 0.3) is 0 Å². The van der Waals surface area contributed by atoms with E-state index in [1.165, 1.54) is 32.1 Å². The van der Waals surface area contributed by atoms with Crippen LogP contribution in [0.3, 0.4) is 0 Å². The SMILES string of the molecule is CCC1CCC(n2cnc3c(C(=O)O)cccc32)CC1. The molecule has 0 aliphatic heterocycles. The molecular weight excluding hydrogens is 252 g/mol. The Bertz CT molecular complexity index is 624. The molecule has 1 aliphatic carbocycles. The normalized spacial score (nSPS) is 23.1. The first-order chi connectivity index (χ1) is 9.70. The number of aromatic nitrogens is 2. The molecule has 0 spiro atoms. The van der Waals surface area contributed by atoms with Crippen molar-refractivity contribution in [3.63, 3.8) is 0 Å². The van der Waals surface area contributed by atoms with Crippen LogP contribution in [0.1, 0.15) is 55.4 Å². The van der Waals surface area contributed by atoms with Crippen LogP contribution in [0.25, 0.3) is 11.0 Å². The van der Waals surface area contributed by atoms with E-state index in [1.54, 1.807) is 6.07 Å². The lowest BCUT2D eigenvalue weighted by atomic mass is 9.84. The highest BCUT2D eigenvalue weighted by molar-refractivity contribution is 6.00. The highest BCUT2D eigenvalue weighted by atomic mass is 16.4. The largest absolute Gasteiger partial charge is 0.478 e. The molecule has 0 unspecified atom stereocenters. The number of aromatic carboxylic acids is 1. The molecule has 0 bridgehead atoms. The van der Waals surface area contributed by atoms with Crippen LogP contribution in [0.4, 0.5) is 0 Å². The lowest BCUT2D eigenvalue weighted by molar-refractivity contribution is 0.0699. The number of carboxylic acid groups (broad SMARTS) is 1. The van der Waals surface area contributed by atoms with Crippen molar-refractivity contribution in [1.29, 1.82) is 0 Å². The Morgan fingerprint density at radius 2 is 2.10 bits per heavy atom. The minimum absolute atomic E-state index is 0.295. The molecule has 1 fully saturated rings. The van der Waals surface area contributed by atoms with E-state index >= 15 is 0 Å². The monoisotopic (exact) mass is 272 g/mol. The van der Waals surface area contributed by atoms with Crippen molar-refractivity contribution in [3.8, 4) is 0 Å². The van der Waals surface area contributed by atoms with E-state index in [4.69, 9.17) is 0 Å². The Morgan fingerprint density at radius 1 is 1.35 bits per heavy atom. The fraction of sp³-hybridized carbons (Fsp3) is 0.500. The smallest absolute Gasteiger partial charge is 0.337 e. The Balaban J connectivity index is 1.94. The molecule has 1 aliphatic rings. The lowest BCUT2D eigenvalue weighted by Crippen LogP contribution is -2.17. The number of hydrogen-bond donors (Lipinski definition) is 1. The van der Waals surface area contributed by atoms with E-state index in [1.807, 2.05) is 18.5 Å². The molecule has 20 heavy (non-hydrogen) atoms. The summed E-state index contributed by atoms with van der Waals surface area (Å²) in [6.07, 6.45) is 7.94. The summed E-state index contributed by atoms with van der Waals surface area (Å²) in [5.41, 5.74) is 1.85. The van der Waals surface area contributed by atoms with Gasteiger partial charge in [0, 0.05) is 6.04 Å². The minimum atomic E-state index is -0.907. The van der Waals surface area contributed by atoms with E-state index in [2.05, 4.69) is 16.5 Å². The Morgan fingerprint density at radius 3 is 2.75 bits per heavy atom. The van der Waals surface area contributed by atoms with Crippen LogP contribution < -0.4 is 0 Å². The summed E-state index contributed by atoms with van der Waals surface area (Å²) >= 11 is 0. The fourth-order valence-corrected chi connectivity index (χ4v) is 3.35. The van der Waals surface area contributed by atoms with Gasteiger partial charge in [0.05, 0.1) is 17.4 Å². The number of carboxylic acids is 1. The summed E-state index contributed by atoms with van der Waals surface area (Å²) in [4.78, 5) is 15.6. The van der Waals surface area contributed by atoms with Crippen molar-refractivity contribution < 1.29 is 9.90 Å². The summed E-state index contributed by atoms with van der Waals surface area (Å²) < 4.78 is 2.17. The Hall–Kier alpha value is -1.84. The first-order valence-corrected chi connectivity index (χ1v) is 7.39. The predicted octanol–water partition coefficient (Wildman–Crippen LogP) is 3.88. The van der Waals surface area contributed by atoms with Crippen molar-refractivity contribution >= 4 is 17.0 Å². The summed E-state index contributed by atoms with van der Waals surface area (Å²) in [7, 11) is 0. The number of benzene rings is 1. The van der Waals surface area contributed by atoms with Gasteiger partial charge in [-0.25, -0.2) is 9.78 Å². The number of para-hydroxylation sites is 1. The molecular formula is C16H20N2O2. The highest BCUT2D eigenvalue weighted by Gasteiger charge is 2.23. The average molecular weight is 272 g/mol. The molecule has 1 aromatic carbocycles. The molecule has 4 heteroatoms. The zero-order valence-corrected chi connectivity index (χ0v) is 11.7. The Labute approximate surface area is 118 Å². The molecule has 0 amide bonds. The number of rotatable bonds is 3. The van der Waals surface area contributed by atoms with Gasteiger partial charge in [-0.3, -0.25) is 0 Å². The fourth-order valence-electron chi connectivity index (χ4n) is 3.35. The average Bonchev–Trinajstić information content (AvgIpc) is 2.91. The van der Waals surface area contributed by atoms with Crippen molar-refractivity contribution in [2.24, 2.45) is 5.92 Å². The van der Waals surface area contributed by atoms with Crippen molar-refractivity contribution in [2.75, 3.05) is 0 Å². The van der Waals surface area contributed by atoms with Gasteiger partial charge in [-0.05, 0) is 43.7 Å². The number of hydrogen-bond acceptors (Lipinski definition) is 2. The standard InChI is InChI=1S/C16H20N2O2/c1-2-11-6-8-12(9-7-11)18-10-17-15-13(16(19)20)4-3-5-14(15)18/h3-5,10-12H,2,6-9H2,1H3,(H,19,20). The molecule has 1 N–H and O–H groups in total. The predicted molar refractivity (Wildman–Crippen MR) is 78.0 cm³/mol. The third-order valence-electron chi connectivity index (χ3n) is 4.62. The van der Waals surface area contributed by atoms with Gasteiger partial charge in [-0.15, -0.1) is 0 Å². The molecule has 106 valence electrons. The van der Waals surface area contributed by atoms with Gasteiger partial charge in [0.2, 0.25) is 0 Å². The third-order valence-corrected chi connectivity index (χ3v) is 4.62. The second-order valence-electron chi connectivity index (χ2n) is 5.71. The maximum Gasteiger partial charge on any atom is 0.337 e. The molecule has 2 aromatic rings. The second kappa shape index (κ2) is 5.27. The third kappa shape index (κ3) is 2.19. The van der Waals surface area contributed by atoms with E-state index in [9.17, 15) is 9.90 Å². The van der Waals surface area contributed by atoms with E-state index < -0.39 is 5.97 Å². The first kappa shape index (κ1) is 13.2. The maximum absolute atomic E-state index is 11.2. The van der Waals surface area contributed by atoms with Gasteiger partial charge in [-0.1, -0.05) is 19.4 Å². The van der Waals surface area contributed by atoms with Gasteiger partial charge in [0.15, 0.2) is 0 Å². The zero-order chi connectivity index (χ0) is 14.1. The summed E-state index contributed by atoms with van der Waals surface area (Å²) in [5.74, 6) is -0.0499. The van der Waals surface area contributed by atoms with Crippen LogP contribution in [-0.2, 0) is 0 Å². The second-order valence-corrected chi connectivity index (χ2v) is 5.71. The van der Waals surface area contributed by atoms with Crippen LogP contribution in [0.2, 0.25) is 0 Å². The molecule has 0 radical (unpaired) electrons. The maximum atomic E-state index is 11.2. The van der Waals surface area contributed by atoms with Crippen molar-refractivity contribution in [1.82, 2.24) is 9.55 Å². The van der Waals surface area contributed by atoms with Gasteiger partial charge in [-0.2, -0.15) is 0 Å².